The second-order valence-electron chi connectivity index (χ2n) is 3.20. The number of rotatable bonds is 2. The first-order valence-electron chi connectivity index (χ1n) is 3.64. The van der Waals surface area contributed by atoms with E-state index in [0.29, 0.717) is 0 Å². The Labute approximate surface area is 80.1 Å². The molecule has 0 amide bonds. The summed E-state index contributed by atoms with van der Waals surface area (Å²) in [5, 5.41) is 0. The molecule has 0 N–H and O–H groups in total. The summed E-state index contributed by atoms with van der Waals surface area (Å²) >= 11 is 3.33. The number of aromatic nitrogens is 1. The van der Waals surface area contributed by atoms with Crippen molar-refractivity contribution in [1.82, 2.24) is 4.98 Å². The number of hydrogen-bond acceptors (Lipinski definition) is 2. The van der Waals surface area contributed by atoms with Crippen molar-refractivity contribution < 1.29 is 4.79 Å². The van der Waals surface area contributed by atoms with Crippen LogP contribution in [-0.2, 0) is 10.2 Å². The van der Waals surface area contributed by atoms with Crippen molar-refractivity contribution in [1.29, 1.82) is 0 Å². The van der Waals surface area contributed by atoms with E-state index in [1.165, 1.54) is 0 Å². The molecule has 1 heterocycles. The highest BCUT2D eigenvalue weighted by Crippen LogP contribution is 2.20. The van der Waals surface area contributed by atoms with Crippen molar-refractivity contribution in [3.05, 3.63) is 28.5 Å². The Morgan fingerprint density at radius 3 is 2.75 bits per heavy atom. The second kappa shape index (κ2) is 3.35. The molecule has 0 fully saturated rings. The predicted octanol–water partition coefficient (Wildman–Crippen LogP) is 2.32. The zero-order valence-corrected chi connectivity index (χ0v) is 8.63. The third-order valence-electron chi connectivity index (χ3n) is 1.68. The molecule has 64 valence electrons. The fourth-order valence-electron chi connectivity index (χ4n) is 0.818. The van der Waals surface area contributed by atoms with Crippen LogP contribution in [0.4, 0.5) is 0 Å². The summed E-state index contributed by atoms with van der Waals surface area (Å²) in [5.74, 6) is 0. The van der Waals surface area contributed by atoms with Gasteiger partial charge in [-0.2, -0.15) is 0 Å². The van der Waals surface area contributed by atoms with Gasteiger partial charge in [0.2, 0.25) is 0 Å². The molecule has 0 aliphatic heterocycles. The van der Waals surface area contributed by atoms with Gasteiger partial charge in [0, 0.05) is 10.7 Å². The molecule has 0 aliphatic carbocycles. The summed E-state index contributed by atoms with van der Waals surface area (Å²) in [4.78, 5) is 14.8. The number of carbonyl (C=O) groups excluding carboxylic acids is 1. The van der Waals surface area contributed by atoms with E-state index in [1.807, 2.05) is 26.0 Å². The van der Waals surface area contributed by atoms with Gasteiger partial charge in [0.15, 0.2) is 0 Å². The minimum atomic E-state index is -0.496. The van der Waals surface area contributed by atoms with Crippen LogP contribution in [0.15, 0.2) is 22.8 Å². The summed E-state index contributed by atoms with van der Waals surface area (Å²) in [6.07, 6.45) is 2.59. The van der Waals surface area contributed by atoms with Crippen LogP contribution in [0, 0.1) is 0 Å². The number of carbonyl (C=O) groups is 1. The molecule has 1 aromatic heterocycles. The molecule has 1 rings (SSSR count). The highest BCUT2D eigenvalue weighted by Gasteiger charge is 2.20. The van der Waals surface area contributed by atoms with E-state index in [-0.39, 0.29) is 0 Å². The molecular formula is C9H10BrNO. The van der Waals surface area contributed by atoms with Crippen LogP contribution >= 0.6 is 15.9 Å². The monoisotopic (exact) mass is 227 g/mol. The zero-order valence-electron chi connectivity index (χ0n) is 7.04. The lowest BCUT2D eigenvalue weighted by molar-refractivity contribution is -0.111. The number of halogens is 1. The first kappa shape index (κ1) is 9.39. The molecule has 2 nitrogen and oxygen atoms in total. The Morgan fingerprint density at radius 1 is 1.58 bits per heavy atom. The van der Waals surface area contributed by atoms with Crippen molar-refractivity contribution >= 4 is 22.2 Å². The second-order valence-corrected chi connectivity index (χ2v) is 4.11. The maximum atomic E-state index is 10.7. The third-order valence-corrected chi connectivity index (χ3v) is 2.17. The maximum Gasteiger partial charge on any atom is 0.131 e. The van der Waals surface area contributed by atoms with Gasteiger partial charge in [0.25, 0.3) is 0 Å². The van der Waals surface area contributed by atoms with Gasteiger partial charge in [-0.25, -0.2) is 0 Å². The lowest BCUT2D eigenvalue weighted by atomic mass is 9.91. The molecule has 3 heteroatoms. The average molecular weight is 228 g/mol. The molecule has 0 atom stereocenters. The van der Waals surface area contributed by atoms with Gasteiger partial charge in [-0.3, -0.25) is 4.98 Å². The van der Waals surface area contributed by atoms with E-state index in [4.69, 9.17) is 0 Å². The highest BCUT2D eigenvalue weighted by atomic mass is 79.9. The minimum absolute atomic E-state index is 0.496. The van der Waals surface area contributed by atoms with E-state index in [0.717, 1.165) is 16.5 Å². The van der Waals surface area contributed by atoms with E-state index in [2.05, 4.69) is 20.9 Å². The third kappa shape index (κ3) is 1.91. The molecule has 0 unspecified atom stereocenters. The summed E-state index contributed by atoms with van der Waals surface area (Å²) in [6, 6.07) is 3.69. The standard InChI is InChI=1S/C9H10BrNO/c1-9(2,6-12)8-5-7(10)3-4-11-8/h3-6H,1-2H3. The van der Waals surface area contributed by atoms with Gasteiger partial charge < -0.3 is 4.79 Å². The van der Waals surface area contributed by atoms with Crippen molar-refractivity contribution in [3.8, 4) is 0 Å². The molecule has 0 aliphatic rings. The molecule has 0 saturated heterocycles. The molecule has 1 aromatic rings. The summed E-state index contributed by atoms with van der Waals surface area (Å²) in [6.45, 7) is 3.68. The summed E-state index contributed by atoms with van der Waals surface area (Å²) in [5.41, 5.74) is 0.288. The molecule has 0 aromatic carbocycles. The van der Waals surface area contributed by atoms with Crippen LogP contribution < -0.4 is 0 Å². The largest absolute Gasteiger partial charge is 0.302 e. The molecular weight excluding hydrogens is 218 g/mol. The Hall–Kier alpha value is -0.700. The van der Waals surface area contributed by atoms with Crippen LogP contribution in [0.2, 0.25) is 0 Å². The van der Waals surface area contributed by atoms with Gasteiger partial charge in [-0.1, -0.05) is 15.9 Å². The Kier molecular flexibility index (Phi) is 2.62. The van der Waals surface area contributed by atoms with E-state index in [9.17, 15) is 4.79 Å². The SMILES string of the molecule is CC(C)(C=O)c1cc(Br)ccn1. The summed E-state index contributed by atoms with van der Waals surface area (Å²) in [7, 11) is 0. The van der Waals surface area contributed by atoms with Crippen LogP contribution in [-0.4, -0.2) is 11.3 Å². The van der Waals surface area contributed by atoms with Crippen LogP contribution in [0.25, 0.3) is 0 Å². The fourth-order valence-corrected chi connectivity index (χ4v) is 1.15. The van der Waals surface area contributed by atoms with Gasteiger partial charge in [0.1, 0.15) is 6.29 Å². The smallest absolute Gasteiger partial charge is 0.131 e. The van der Waals surface area contributed by atoms with Gasteiger partial charge in [0.05, 0.1) is 11.1 Å². The normalized spacial score (nSPS) is 11.2. The Bertz CT molecular complexity index is 296. The first-order valence-corrected chi connectivity index (χ1v) is 4.44. The molecule has 0 saturated carbocycles. The van der Waals surface area contributed by atoms with Crippen molar-refractivity contribution in [3.63, 3.8) is 0 Å². The summed E-state index contributed by atoms with van der Waals surface area (Å²) < 4.78 is 0.947. The van der Waals surface area contributed by atoms with Crippen molar-refractivity contribution in [2.45, 2.75) is 19.3 Å². The minimum Gasteiger partial charge on any atom is -0.302 e. The molecule has 12 heavy (non-hydrogen) atoms. The average Bonchev–Trinajstić information content (AvgIpc) is 2.05. The highest BCUT2D eigenvalue weighted by molar-refractivity contribution is 9.10. The van der Waals surface area contributed by atoms with E-state index >= 15 is 0 Å². The lowest BCUT2D eigenvalue weighted by Crippen LogP contribution is -2.20. The van der Waals surface area contributed by atoms with E-state index in [1.54, 1.807) is 6.20 Å². The maximum absolute atomic E-state index is 10.7. The quantitative estimate of drug-likeness (QED) is 0.727. The van der Waals surface area contributed by atoms with E-state index < -0.39 is 5.41 Å². The fraction of sp³-hybridized carbons (Fsp3) is 0.333. The number of aldehydes is 1. The number of hydrogen-bond donors (Lipinski definition) is 0. The van der Waals surface area contributed by atoms with Crippen molar-refractivity contribution in [2.75, 3.05) is 0 Å². The zero-order chi connectivity index (χ0) is 9.19. The molecule has 0 spiro atoms. The van der Waals surface area contributed by atoms with Crippen LogP contribution in [0.1, 0.15) is 19.5 Å². The Morgan fingerprint density at radius 2 is 2.25 bits per heavy atom. The van der Waals surface area contributed by atoms with Crippen LogP contribution in [0.3, 0.4) is 0 Å². The topological polar surface area (TPSA) is 30.0 Å². The molecule has 0 bridgehead atoms. The number of nitrogens with zero attached hydrogens (tertiary/aromatic N) is 1. The number of pyridine rings is 1. The predicted molar refractivity (Wildman–Crippen MR) is 51.0 cm³/mol. The Balaban J connectivity index is 3.11. The van der Waals surface area contributed by atoms with Gasteiger partial charge in [-0.05, 0) is 26.0 Å². The molecule has 0 radical (unpaired) electrons. The first-order chi connectivity index (χ1) is 5.56. The van der Waals surface area contributed by atoms with Gasteiger partial charge >= 0.3 is 0 Å². The van der Waals surface area contributed by atoms with Gasteiger partial charge in [-0.15, -0.1) is 0 Å². The van der Waals surface area contributed by atoms with Crippen LogP contribution in [0.5, 0.6) is 0 Å². The van der Waals surface area contributed by atoms with Crippen molar-refractivity contribution in [2.24, 2.45) is 0 Å². The lowest BCUT2D eigenvalue weighted by Gasteiger charge is -2.15.